The lowest BCUT2D eigenvalue weighted by Crippen LogP contribution is -2.06. The molecule has 1 heterocycles. The van der Waals surface area contributed by atoms with Gasteiger partial charge in [0.25, 0.3) is 0 Å². The molecule has 0 unspecified atom stereocenters. The zero-order valence-electron chi connectivity index (χ0n) is 11.0. The molecule has 1 N–H and O–H groups in total. The quantitative estimate of drug-likeness (QED) is 0.867. The predicted molar refractivity (Wildman–Crippen MR) is 76.5 cm³/mol. The summed E-state index contributed by atoms with van der Waals surface area (Å²) >= 11 is 3.32. The third kappa shape index (κ3) is 2.98. The van der Waals surface area contributed by atoms with Crippen LogP contribution in [-0.4, -0.2) is 22.4 Å². The predicted octanol–water partition coefficient (Wildman–Crippen LogP) is 3.24. The van der Waals surface area contributed by atoms with E-state index in [0.29, 0.717) is 16.0 Å². The Hall–Kier alpha value is -1.89. The van der Waals surface area contributed by atoms with Crippen molar-refractivity contribution in [3.63, 3.8) is 0 Å². The van der Waals surface area contributed by atoms with Crippen molar-refractivity contribution in [2.24, 2.45) is 7.05 Å². The number of ether oxygens (including phenoxy) is 1. The van der Waals surface area contributed by atoms with Crippen LogP contribution in [0.25, 0.3) is 0 Å². The van der Waals surface area contributed by atoms with E-state index in [4.69, 9.17) is 4.74 Å². The maximum atomic E-state index is 12.9. The van der Waals surface area contributed by atoms with Crippen LogP contribution < -0.4 is 5.32 Å². The molecule has 5 nitrogen and oxygen atoms in total. The number of nitrogens with one attached hydrogen (secondary N) is 1. The summed E-state index contributed by atoms with van der Waals surface area (Å²) in [7, 11) is 1.69. The first-order valence-electron chi connectivity index (χ1n) is 5.95. The number of esters is 1. The fraction of sp³-hybridized carbons (Fsp3) is 0.231. The number of anilines is 2. The maximum absolute atomic E-state index is 12.9. The number of hydrogen-bond acceptors (Lipinski definition) is 4. The Morgan fingerprint density at radius 2 is 2.10 bits per heavy atom. The molecule has 7 heteroatoms. The molecule has 1 aromatic heterocycles. The highest BCUT2D eigenvalue weighted by molar-refractivity contribution is 9.10. The van der Waals surface area contributed by atoms with E-state index < -0.39 is 5.97 Å². The van der Waals surface area contributed by atoms with Crippen molar-refractivity contribution in [3.05, 3.63) is 40.2 Å². The van der Waals surface area contributed by atoms with E-state index in [1.807, 2.05) is 0 Å². The molecule has 0 saturated heterocycles. The standard InChI is InChI=1S/C13H13BrFN3O2/c1-3-20-13(19)11-10(14)12(18(2)17-11)16-9-6-4-8(15)5-7-9/h4-7,16H,3H2,1-2H3. The average molecular weight is 342 g/mol. The summed E-state index contributed by atoms with van der Waals surface area (Å²) in [6, 6.07) is 5.88. The van der Waals surface area contributed by atoms with E-state index in [1.165, 1.54) is 16.8 Å². The Labute approximate surface area is 123 Å². The Kier molecular flexibility index (Phi) is 4.39. The molecule has 2 rings (SSSR count). The number of nitrogens with zero attached hydrogens (tertiary/aromatic N) is 2. The summed E-state index contributed by atoms with van der Waals surface area (Å²) in [4.78, 5) is 11.7. The first kappa shape index (κ1) is 14.5. The van der Waals surface area contributed by atoms with Gasteiger partial charge < -0.3 is 10.1 Å². The van der Waals surface area contributed by atoms with Crippen LogP contribution in [0.2, 0.25) is 0 Å². The van der Waals surface area contributed by atoms with Gasteiger partial charge in [0.2, 0.25) is 0 Å². The minimum Gasteiger partial charge on any atom is -0.461 e. The zero-order valence-corrected chi connectivity index (χ0v) is 12.6. The summed E-state index contributed by atoms with van der Waals surface area (Å²) in [5, 5.41) is 7.17. The molecule has 0 amide bonds. The van der Waals surface area contributed by atoms with Crippen LogP contribution >= 0.6 is 15.9 Å². The van der Waals surface area contributed by atoms with Gasteiger partial charge in [-0.1, -0.05) is 0 Å². The normalized spacial score (nSPS) is 10.4. The molecule has 0 fully saturated rings. The second-order valence-electron chi connectivity index (χ2n) is 3.99. The van der Waals surface area contributed by atoms with E-state index in [-0.39, 0.29) is 18.1 Å². The van der Waals surface area contributed by atoms with E-state index in [2.05, 4.69) is 26.3 Å². The van der Waals surface area contributed by atoms with Gasteiger partial charge in [-0.15, -0.1) is 0 Å². The van der Waals surface area contributed by atoms with E-state index in [0.717, 1.165) is 0 Å². The number of aromatic nitrogens is 2. The molecular formula is C13H13BrFN3O2. The third-order valence-electron chi connectivity index (χ3n) is 2.57. The molecule has 0 bridgehead atoms. The summed E-state index contributed by atoms with van der Waals surface area (Å²) in [6.07, 6.45) is 0. The van der Waals surface area contributed by atoms with Crippen molar-refractivity contribution < 1.29 is 13.9 Å². The van der Waals surface area contributed by atoms with E-state index in [9.17, 15) is 9.18 Å². The molecule has 1 aromatic carbocycles. The van der Waals surface area contributed by atoms with Crippen molar-refractivity contribution in [1.29, 1.82) is 0 Å². The fourth-order valence-electron chi connectivity index (χ4n) is 1.63. The summed E-state index contributed by atoms with van der Waals surface area (Å²) < 4.78 is 19.8. The number of benzene rings is 1. The highest BCUT2D eigenvalue weighted by atomic mass is 79.9. The molecule has 0 atom stereocenters. The molecule has 0 aliphatic rings. The molecule has 0 aliphatic carbocycles. The number of rotatable bonds is 4. The first-order valence-corrected chi connectivity index (χ1v) is 6.74. The lowest BCUT2D eigenvalue weighted by Gasteiger charge is -2.06. The zero-order chi connectivity index (χ0) is 14.7. The molecule has 0 saturated carbocycles. The Morgan fingerprint density at radius 3 is 2.70 bits per heavy atom. The van der Waals surface area contributed by atoms with Gasteiger partial charge in [-0.25, -0.2) is 9.18 Å². The first-order chi connectivity index (χ1) is 9.52. The Morgan fingerprint density at radius 1 is 1.45 bits per heavy atom. The smallest absolute Gasteiger partial charge is 0.360 e. The van der Waals surface area contributed by atoms with Gasteiger partial charge in [-0.2, -0.15) is 5.10 Å². The van der Waals surface area contributed by atoms with Crippen LogP contribution in [-0.2, 0) is 11.8 Å². The largest absolute Gasteiger partial charge is 0.461 e. The molecule has 0 spiro atoms. The number of carbonyl (C=O) groups excluding carboxylic acids is 1. The highest BCUT2D eigenvalue weighted by Crippen LogP contribution is 2.29. The molecule has 2 aromatic rings. The van der Waals surface area contributed by atoms with Crippen LogP contribution in [0.15, 0.2) is 28.7 Å². The van der Waals surface area contributed by atoms with Gasteiger partial charge in [0.15, 0.2) is 5.69 Å². The Bertz CT molecular complexity index is 625. The minimum absolute atomic E-state index is 0.193. The maximum Gasteiger partial charge on any atom is 0.360 e. The Balaban J connectivity index is 2.28. The van der Waals surface area contributed by atoms with Crippen molar-refractivity contribution >= 4 is 33.4 Å². The van der Waals surface area contributed by atoms with Gasteiger partial charge in [0.1, 0.15) is 11.6 Å². The molecular weight excluding hydrogens is 329 g/mol. The monoisotopic (exact) mass is 341 g/mol. The van der Waals surface area contributed by atoms with Gasteiger partial charge in [0.05, 0.1) is 11.1 Å². The number of aryl methyl sites for hydroxylation is 1. The SMILES string of the molecule is CCOC(=O)c1nn(C)c(Nc2ccc(F)cc2)c1Br. The van der Waals surface area contributed by atoms with Crippen LogP contribution in [0.1, 0.15) is 17.4 Å². The van der Waals surface area contributed by atoms with Gasteiger partial charge in [-0.3, -0.25) is 4.68 Å². The lowest BCUT2D eigenvalue weighted by molar-refractivity contribution is 0.0517. The van der Waals surface area contributed by atoms with Gasteiger partial charge in [0, 0.05) is 12.7 Å². The lowest BCUT2D eigenvalue weighted by atomic mass is 10.3. The van der Waals surface area contributed by atoms with Crippen molar-refractivity contribution in [2.45, 2.75) is 6.92 Å². The molecule has 106 valence electrons. The second-order valence-corrected chi connectivity index (χ2v) is 4.78. The van der Waals surface area contributed by atoms with Crippen LogP contribution in [0.4, 0.5) is 15.9 Å². The van der Waals surface area contributed by atoms with Gasteiger partial charge >= 0.3 is 5.97 Å². The summed E-state index contributed by atoms with van der Waals surface area (Å²) in [5.41, 5.74) is 0.879. The number of carbonyl (C=O) groups is 1. The fourth-order valence-corrected chi connectivity index (χ4v) is 2.23. The second kappa shape index (κ2) is 6.04. The van der Waals surface area contributed by atoms with Gasteiger partial charge in [-0.05, 0) is 47.1 Å². The van der Waals surface area contributed by atoms with Crippen LogP contribution in [0.5, 0.6) is 0 Å². The topological polar surface area (TPSA) is 56.1 Å². The molecule has 20 heavy (non-hydrogen) atoms. The van der Waals surface area contributed by atoms with Crippen LogP contribution in [0.3, 0.4) is 0 Å². The third-order valence-corrected chi connectivity index (χ3v) is 3.32. The van der Waals surface area contributed by atoms with Crippen molar-refractivity contribution in [1.82, 2.24) is 9.78 Å². The summed E-state index contributed by atoms with van der Waals surface area (Å²) in [6.45, 7) is 2.01. The number of halogens is 2. The molecule has 0 radical (unpaired) electrons. The van der Waals surface area contributed by atoms with Crippen LogP contribution in [0, 0.1) is 5.82 Å². The van der Waals surface area contributed by atoms with E-state index in [1.54, 1.807) is 26.1 Å². The highest BCUT2D eigenvalue weighted by Gasteiger charge is 2.21. The average Bonchev–Trinajstić information content (AvgIpc) is 2.69. The summed E-state index contributed by atoms with van der Waals surface area (Å²) in [5.74, 6) is -0.228. The number of hydrogen-bond donors (Lipinski definition) is 1. The molecule has 0 aliphatic heterocycles. The van der Waals surface area contributed by atoms with E-state index >= 15 is 0 Å². The van der Waals surface area contributed by atoms with Crippen molar-refractivity contribution in [3.8, 4) is 0 Å². The van der Waals surface area contributed by atoms with Crippen molar-refractivity contribution in [2.75, 3.05) is 11.9 Å². The minimum atomic E-state index is -0.498.